The fraction of sp³-hybridized carbons (Fsp3) is 0.333. The van der Waals surface area contributed by atoms with E-state index in [2.05, 4.69) is 25.0 Å². The van der Waals surface area contributed by atoms with Gasteiger partial charge in [0.2, 0.25) is 11.7 Å². The molecule has 2 aromatic heterocycles. The van der Waals surface area contributed by atoms with Gasteiger partial charge in [0.1, 0.15) is 6.33 Å². The van der Waals surface area contributed by atoms with Crippen LogP contribution >= 0.6 is 0 Å². The molecular formula is C18H19N5O. The standard InChI is InChI=1S/C18H19N5O/c1-2-5-14(6-3-1)18-21-17(24-22-18)7-4-9-23-10-8-15-11-19-13-20-16(15)12-23/h1-3,5-6,11,13H,4,7-10,12H2. The normalized spacial score (nSPS) is 14.5. The molecule has 6 nitrogen and oxygen atoms in total. The molecule has 0 saturated heterocycles. The highest BCUT2D eigenvalue weighted by molar-refractivity contribution is 5.53. The number of aromatic nitrogens is 4. The minimum absolute atomic E-state index is 0.661. The first-order chi connectivity index (χ1) is 11.9. The summed E-state index contributed by atoms with van der Waals surface area (Å²) in [4.78, 5) is 15.4. The molecule has 0 N–H and O–H groups in total. The zero-order valence-corrected chi connectivity index (χ0v) is 13.4. The number of aryl methyl sites for hydroxylation is 1. The van der Waals surface area contributed by atoms with E-state index < -0.39 is 0 Å². The van der Waals surface area contributed by atoms with Crippen LogP contribution in [0.5, 0.6) is 0 Å². The molecule has 0 atom stereocenters. The van der Waals surface area contributed by atoms with Gasteiger partial charge >= 0.3 is 0 Å². The predicted molar refractivity (Wildman–Crippen MR) is 89.1 cm³/mol. The molecule has 24 heavy (non-hydrogen) atoms. The lowest BCUT2D eigenvalue weighted by atomic mass is 10.1. The van der Waals surface area contributed by atoms with Crippen LogP contribution in [-0.2, 0) is 19.4 Å². The molecule has 0 unspecified atom stereocenters. The summed E-state index contributed by atoms with van der Waals surface area (Å²) in [5, 5.41) is 4.06. The lowest BCUT2D eigenvalue weighted by molar-refractivity contribution is 0.242. The van der Waals surface area contributed by atoms with Gasteiger partial charge in [-0.1, -0.05) is 35.5 Å². The molecule has 0 fully saturated rings. The smallest absolute Gasteiger partial charge is 0.227 e. The molecule has 0 bridgehead atoms. The average molecular weight is 321 g/mol. The number of hydrogen-bond donors (Lipinski definition) is 0. The first-order valence-corrected chi connectivity index (χ1v) is 8.26. The molecular weight excluding hydrogens is 302 g/mol. The third-order valence-electron chi connectivity index (χ3n) is 4.32. The zero-order valence-electron chi connectivity index (χ0n) is 13.4. The van der Waals surface area contributed by atoms with Crippen LogP contribution in [0.15, 0.2) is 47.4 Å². The third-order valence-corrected chi connectivity index (χ3v) is 4.32. The summed E-state index contributed by atoms with van der Waals surface area (Å²) in [5.41, 5.74) is 3.42. The highest BCUT2D eigenvalue weighted by Crippen LogP contribution is 2.17. The largest absolute Gasteiger partial charge is 0.339 e. The molecule has 3 aromatic rings. The summed E-state index contributed by atoms with van der Waals surface area (Å²) < 4.78 is 5.36. The Morgan fingerprint density at radius 1 is 1.17 bits per heavy atom. The summed E-state index contributed by atoms with van der Waals surface area (Å²) in [7, 11) is 0. The van der Waals surface area contributed by atoms with Crippen LogP contribution in [-0.4, -0.2) is 38.1 Å². The third kappa shape index (κ3) is 3.33. The van der Waals surface area contributed by atoms with Crippen LogP contribution < -0.4 is 0 Å². The van der Waals surface area contributed by atoms with Crippen molar-refractivity contribution in [2.45, 2.75) is 25.8 Å². The molecule has 0 saturated carbocycles. The first kappa shape index (κ1) is 15.0. The lowest BCUT2D eigenvalue weighted by Gasteiger charge is -2.27. The van der Waals surface area contributed by atoms with Crippen molar-refractivity contribution in [2.24, 2.45) is 0 Å². The van der Waals surface area contributed by atoms with Gasteiger partial charge in [0.25, 0.3) is 0 Å². The van der Waals surface area contributed by atoms with E-state index in [9.17, 15) is 0 Å². The molecule has 0 spiro atoms. The Morgan fingerprint density at radius 2 is 2.08 bits per heavy atom. The topological polar surface area (TPSA) is 67.9 Å². The van der Waals surface area contributed by atoms with Crippen molar-refractivity contribution in [3.63, 3.8) is 0 Å². The van der Waals surface area contributed by atoms with Crippen LogP contribution in [0.2, 0.25) is 0 Å². The van der Waals surface area contributed by atoms with Crippen LogP contribution in [0, 0.1) is 0 Å². The number of rotatable bonds is 5. The van der Waals surface area contributed by atoms with Gasteiger partial charge in [-0.3, -0.25) is 4.90 Å². The van der Waals surface area contributed by atoms with Crippen molar-refractivity contribution in [3.05, 3.63) is 60.0 Å². The maximum Gasteiger partial charge on any atom is 0.227 e. The van der Waals surface area contributed by atoms with E-state index >= 15 is 0 Å². The quantitative estimate of drug-likeness (QED) is 0.719. The molecule has 0 amide bonds. The number of benzene rings is 1. The Labute approximate surface area is 140 Å². The van der Waals surface area contributed by atoms with Crippen LogP contribution in [0.1, 0.15) is 23.6 Å². The highest BCUT2D eigenvalue weighted by Gasteiger charge is 2.17. The van der Waals surface area contributed by atoms with E-state index in [0.717, 1.165) is 50.2 Å². The second-order valence-electron chi connectivity index (χ2n) is 6.00. The van der Waals surface area contributed by atoms with Gasteiger partial charge in [-0.2, -0.15) is 4.98 Å². The monoisotopic (exact) mass is 321 g/mol. The zero-order chi connectivity index (χ0) is 16.2. The van der Waals surface area contributed by atoms with E-state index in [-0.39, 0.29) is 0 Å². The van der Waals surface area contributed by atoms with Gasteiger partial charge in [-0.15, -0.1) is 0 Å². The SMILES string of the molecule is c1ccc(-c2noc(CCCN3CCc4cncnc4C3)n2)cc1. The van der Waals surface area contributed by atoms with E-state index in [1.807, 2.05) is 36.5 Å². The van der Waals surface area contributed by atoms with Crippen molar-refractivity contribution in [1.82, 2.24) is 25.0 Å². The van der Waals surface area contributed by atoms with Crippen LogP contribution in [0.4, 0.5) is 0 Å². The fourth-order valence-electron chi connectivity index (χ4n) is 3.01. The molecule has 122 valence electrons. The molecule has 3 heterocycles. The van der Waals surface area contributed by atoms with Crippen LogP contribution in [0.3, 0.4) is 0 Å². The Kier molecular flexibility index (Phi) is 4.29. The van der Waals surface area contributed by atoms with Crippen molar-refractivity contribution in [2.75, 3.05) is 13.1 Å². The summed E-state index contributed by atoms with van der Waals surface area (Å²) in [6.45, 7) is 2.96. The van der Waals surface area contributed by atoms with Gasteiger partial charge in [0, 0.05) is 31.3 Å². The Balaban J connectivity index is 1.30. The van der Waals surface area contributed by atoms with Crippen molar-refractivity contribution < 1.29 is 4.52 Å². The minimum Gasteiger partial charge on any atom is -0.339 e. The Hall–Kier alpha value is -2.60. The summed E-state index contributed by atoms with van der Waals surface area (Å²) in [6.07, 6.45) is 6.38. The molecule has 0 radical (unpaired) electrons. The molecule has 1 aromatic carbocycles. The summed E-state index contributed by atoms with van der Waals surface area (Å²) in [5.74, 6) is 1.36. The Morgan fingerprint density at radius 3 is 3.00 bits per heavy atom. The van der Waals surface area contributed by atoms with E-state index in [0.29, 0.717) is 11.7 Å². The van der Waals surface area contributed by atoms with Gasteiger partial charge in [0.05, 0.1) is 5.69 Å². The predicted octanol–water partition coefficient (Wildman–Crippen LogP) is 2.52. The van der Waals surface area contributed by atoms with Gasteiger partial charge in [-0.05, 0) is 24.9 Å². The van der Waals surface area contributed by atoms with Gasteiger partial charge in [0.15, 0.2) is 0 Å². The second kappa shape index (κ2) is 6.88. The summed E-state index contributed by atoms with van der Waals surface area (Å²) in [6, 6.07) is 9.90. The first-order valence-electron chi connectivity index (χ1n) is 8.26. The highest BCUT2D eigenvalue weighted by atomic mass is 16.5. The maximum atomic E-state index is 5.36. The lowest BCUT2D eigenvalue weighted by Crippen LogP contribution is -2.32. The fourth-order valence-corrected chi connectivity index (χ4v) is 3.01. The van der Waals surface area contributed by atoms with E-state index in [1.54, 1.807) is 6.33 Å². The molecule has 1 aliphatic heterocycles. The van der Waals surface area contributed by atoms with E-state index in [4.69, 9.17) is 4.52 Å². The Bertz CT molecular complexity index is 802. The minimum atomic E-state index is 0.661. The van der Waals surface area contributed by atoms with Gasteiger partial charge in [-0.25, -0.2) is 9.97 Å². The number of fused-ring (bicyclic) bond motifs is 1. The van der Waals surface area contributed by atoms with E-state index in [1.165, 1.54) is 5.56 Å². The van der Waals surface area contributed by atoms with Crippen molar-refractivity contribution in [3.8, 4) is 11.4 Å². The number of nitrogens with zero attached hydrogens (tertiary/aromatic N) is 5. The molecule has 1 aliphatic rings. The maximum absolute atomic E-state index is 5.36. The summed E-state index contributed by atoms with van der Waals surface area (Å²) >= 11 is 0. The number of hydrogen-bond acceptors (Lipinski definition) is 6. The van der Waals surface area contributed by atoms with Crippen molar-refractivity contribution >= 4 is 0 Å². The van der Waals surface area contributed by atoms with Crippen molar-refractivity contribution in [1.29, 1.82) is 0 Å². The second-order valence-corrected chi connectivity index (χ2v) is 6.00. The molecule has 4 rings (SSSR count). The van der Waals surface area contributed by atoms with Gasteiger partial charge < -0.3 is 4.52 Å². The molecule has 0 aliphatic carbocycles. The molecule has 6 heteroatoms. The average Bonchev–Trinajstić information content (AvgIpc) is 3.11. The van der Waals surface area contributed by atoms with Crippen LogP contribution in [0.25, 0.3) is 11.4 Å².